The van der Waals surface area contributed by atoms with Crippen LogP contribution in [0, 0.1) is 10.1 Å². The van der Waals surface area contributed by atoms with Crippen molar-refractivity contribution in [2.45, 2.75) is 18.9 Å². The Morgan fingerprint density at radius 1 is 1.58 bits per heavy atom. The van der Waals surface area contributed by atoms with Crippen molar-refractivity contribution in [3.05, 3.63) is 33.9 Å². The zero-order valence-electron chi connectivity index (χ0n) is 10.2. The molecule has 7 nitrogen and oxygen atoms in total. The highest BCUT2D eigenvalue weighted by Crippen LogP contribution is 2.26. The van der Waals surface area contributed by atoms with E-state index in [0.29, 0.717) is 17.8 Å². The van der Waals surface area contributed by atoms with Crippen LogP contribution < -0.4 is 5.32 Å². The van der Waals surface area contributed by atoms with Crippen molar-refractivity contribution in [1.29, 1.82) is 0 Å². The fraction of sp³-hybridized carbons (Fsp3) is 0.417. The SMILES string of the molecule is O=C(O)Cc1ccc(NC[C@@H]2CCO2)c([N+](=O)[O-])c1. The van der Waals surface area contributed by atoms with E-state index in [2.05, 4.69) is 5.32 Å². The Labute approximate surface area is 109 Å². The van der Waals surface area contributed by atoms with Crippen molar-refractivity contribution < 1.29 is 19.6 Å². The third kappa shape index (κ3) is 3.41. The molecule has 1 aliphatic rings. The van der Waals surface area contributed by atoms with Crippen LogP contribution in [0.5, 0.6) is 0 Å². The molecule has 0 spiro atoms. The maximum atomic E-state index is 11.0. The lowest BCUT2D eigenvalue weighted by Gasteiger charge is -2.26. The number of ether oxygens (including phenoxy) is 1. The van der Waals surface area contributed by atoms with Gasteiger partial charge in [0, 0.05) is 19.2 Å². The summed E-state index contributed by atoms with van der Waals surface area (Å²) in [5.74, 6) is -1.02. The molecule has 7 heteroatoms. The molecule has 0 aliphatic carbocycles. The molecule has 1 heterocycles. The van der Waals surface area contributed by atoms with Crippen LogP contribution in [0.4, 0.5) is 11.4 Å². The predicted molar refractivity (Wildman–Crippen MR) is 67.3 cm³/mol. The van der Waals surface area contributed by atoms with Gasteiger partial charge in [0.25, 0.3) is 5.69 Å². The molecule has 1 saturated heterocycles. The number of hydrogen-bond donors (Lipinski definition) is 2. The quantitative estimate of drug-likeness (QED) is 0.596. The summed E-state index contributed by atoms with van der Waals surface area (Å²) in [6, 6.07) is 4.40. The highest BCUT2D eigenvalue weighted by atomic mass is 16.6. The lowest BCUT2D eigenvalue weighted by atomic mass is 10.1. The second-order valence-electron chi connectivity index (χ2n) is 4.34. The largest absolute Gasteiger partial charge is 0.481 e. The number of hydrogen-bond acceptors (Lipinski definition) is 5. The maximum absolute atomic E-state index is 11.0. The van der Waals surface area contributed by atoms with Crippen LogP contribution in [-0.2, 0) is 16.0 Å². The van der Waals surface area contributed by atoms with Crippen LogP contribution in [0.3, 0.4) is 0 Å². The summed E-state index contributed by atoms with van der Waals surface area (Å²) in [6.45, 7) is 1.24. The van der Waals surface area contributed by atoms with E-state index in [4.69, 9.17) is 9.84 Å². The summed E-state index contributed by atoms with van der Waals surface area (Å²) in [6.07, 6.45) is 0.809. The topological polar surface area (TPSA) is 102 Å². The molecule has 1 aliphatic heterocycles. The van der Waals surface area contributed by atoms with Crippen molar-refractivity contribution >= 4 is 17.3 Å². The van der Waals surface area contributed by atoms with Gasteiger partial charge in [0.15, 0.2) is 0 Å². The Kier molecular flexibility index (Phi) is 3.96. The highest BCUT2D eigenvalue weighted by molar-refractivity contribution is 5.72. The van der Waals surface area contributed by atoms with Gasteiger partial charge in [-0.2, -0.15) is 0 Å². The standard InChI is InChI=1S/C12H14N2O5/c15-12(16)6-8-1-2-10(11(5-8)14(17)18)13-7-9-3-4-19-9/h1-2,5,9,13H,3-4,6-7H2,(H,15,16)/t9-/m0/s1. The number of aliphatic carboxylic acids is 1. The fourth-order valence-corrected chi connectivity index (χ4v) is 1.83. The molecular weight excluding hydrogens is 252 g/mol. The van der Waals surface area contributed by atoms with Gasteiger partial charge in [0.05, 0.1) is 17.4 Å². The number of carboxylic acid groups (broad SMARTS) is 1. The molecule has 2 rings (SSSR count). The first-order chi connectivity index (χ1) is 9.06. The van der Waals surface area contributed by atoms with Crippen LogP contribution in [0.25, 0.3) is 0 Å². The number of benzene rings is 1. The maximum Gasteiger partial charge on any atom is 0.307 e. The first kappa shape index (κ1) is 13.3. The summed E-state index contributed by atoms with van der Waals surface area (Å²) in [4.78, 5) is 21.1. The van der Waals surface area contributed by atoms with E-state index in [1.54, 1.807) is 6.07 Å². The summed E-state index contributed by atoms with van der Waals surface area (Å²) in [5, 5.41) is 22.6. The number of carboxylic acids is 1. The molecule has 1 atom stereocenters. The minimum Gasteiger partial charge on any atom is -0.481 e. The van der Waals surface area contributed by atoms with Crippen molar-refractivity contribution in [1.82, 2.24) is 0 Å². The minimum absolute atomic E-state index is 0.0956. The number of anilines is 1. The highest BCUT2D eigenvalue weighted by Gasteiger charge is 2.20. The van der Waals surface area contributed by atoms with Crippen molar-refractivity contribution in [3.8, 4) is 0 Å². The Bertz CT molecular complexity index is 499. The van der Waals surface area contributed by atoms with Crippen LogP contribution in [0.2, 0.25) is 0 Å². The predicted octanol–water partition coefficient (Wildman–Crippen LogP) is 1.42. The van der Waals surface area contributed by atoms with Gasteiger partial charge in [0.1, 0.15) is 5.69 Å². The van der Waals surface area contributed by atoms with E-state index in [1.807, 2.05) is 0 Å². The van der Waals surface area contributed by atoms with Gasteiger partial charge < -0.3 is 15.2 Å². The van der Waals surface area contributed by atoms with E-state index in [-0.39, 0.29) is 18.2 Å². The molecular formula is C12H14N2O5. The van der Waals surface area contributed by atoms with Gasteiger partial charge in [-0.25, -0.2) is 0 Å². The minimum atomic E-state index is -1.02. The van der Waals surface area contributed by atoms with Crippen LogP contribution in [-0.4, -0.2) is 35.3 Å². The second kappa shape index (κ2) is 5.66. The van der Waals surface area contributed by atoms with E-state index < -0.39 is 10.9 Å². The first-order valence-electron chi connectivity index (χ1n) is 5.91. The molecule has 0 unspecified atom stereocenters. The van der Waals surface area contributed by atoms with Gasteiger partial charge in [-0.15, -0.1) is 0 Å². The Balaban J connectivity index is 2.11. The van der Waals surface area contributed by atoms with E-state index in [1.165, 1.54) is 12.1 Å². The second-order valence-corrected chi connectivity index (χ2v) is 4.34. The first-order valence-corrected chi connectivity index (χ1v) is 5.91. The average molecular weight is 266 g/mol. The number of nitro groups is 1. The van der Waals surface area contributed by atoms with E-state index in [0.717, 1.165) is 13.0 Å². The molecule has 0 saturated carbocycles. The molecule has 0 bridgehead atoms. The normalized spacial score (nSPS) is 17.6. The zero-order valence-corrected chi connectivity index (χ0v) is 10.2. The van der Waals surface area contributed by atoms with Gasteiger partial charge in [-0.05, 0) is 18.1 Å². The third-order valence-electron chi connectivity index (χ3n) is 2.93. The average Bonchev–Trinajstić information content (AvgIpc) is 2.27. The number of nitrogens with one attached hydrogen (secondary N) is 1. The number of nitrogens with zero attached hydrogens (tertiary/aromatic N) is 1. The number of carbonyl (C=O) groups is 1. The summed E-state index contributed by atoms with van der Waals surface area (Å²) < 4.78 is 5.22. The lowest BCUT2D eigenvalue weighted by molar-refractivity contribution is -0.384. The molecule has 0 aromatic heterocycles. The summed E-state index contributed by atoms with van der Waals surface area (Å²) >= 11 is 0. The molecule has 19 heavy (non-hydrogen) atoms. The third-order valence-corrected chi connectivity index (χ3v) is 2.93. The van der Waals surface area contributed by atoms with Gasteiger partial charge >= 0.3 is 5.97 Å². The Hall–Kier alpha value is -2.15. The molecule has 0 radical (unpaired) electrons. The summed E-state index contributed by atoms with van der Waals surface area (Å²) in [5.41, 5.74) is 0.678. The fourth-order valence-electron chi connectivity index (χ4n) is 1.83. The van der Waals surface area contributed by atoms with Crippen molar-refractivity contribution in [2.24, 2.45) is 0 Å². The number of rotatable bonds is 6. The smallest absolute Gasteiger partial charge is 0.307 e. The van der Waals surface area contributed by atoms with Crippen LogP contribution in [0.15, 0.2) is 18.2 Å². The van der Waals surface area contributed by atoms with Crippen LogP contribution >= 0.6 is 0 Å². The van der Waals surface area contributed by atoms with E-state index in [9.17, 15) is 14.9 Å². The van der Waals surface area contributed by atoms with Gasteiger partial charge in [-0.3, -0.25) is 14.9 Å². The van der Waals surface area contributed by atoms with Crippen molar-refractivity contribution in [2.75, 3.05) is 18.5 Å². The van der Waals surface area contributed by atoms with Gasteiger partial charge in [-0.1, -0.05) is 6.07 Å². The number of nitro benzene ring substituents is 1. The zero-order chi connectivity index (χ0) is 13.8. The Morgan fingerprint density at radius 2 is 2.32 bits per heavy atom. The monoisotopic (exact) mass is 266 g/mol. The molecule has 1 aromatic rings. The van der Waals surface area contributed by atoms with Crippen molar-refractivity contribution in [3.63, 3.8) is 0 Å². The molecule has 1 aromatic carbocycles. The molecule has 2 N–H and O–H groups in total. The van der Waals surface area contributed by atoms with E-state index >= 15 is 0 Å². The Morgan fingerprint density at radius 3 is 2.84 bits per heavy atom. The summed E-state index contributed by atoms with van der Waals surface area (Å²) in [7, 11) is 0. The van der Waals surface area contributed by atoms with Gasteiger partial charge in [0.2, 0.25) is 0 Å². The van der Waals surface area contributed by atoms with Crippen LogP contribution in [0.1, 0.15) is 12.0 Å². The molecule has 1 fully saturated rings. The lowest BCUT2D eigenvalue weighted by Crippen LogP contribution is -2.33. The molecule has 0 amide bonds. The molecule has 102 valence electrons.